The van der Waals surface area contributed by atoms with E-state index in [0.717, 1.165) is 0 Å². The zero-order valence-corrected chi connectivity index (χ0v) is 9.22. The van der Waals surface area contributed by atoms with E-state index in [9.17, 15) is 0 Å². The fourth-order valence-corrected chi connectivity index (χ4v) is 0. The molecule has 0 aliphatic rings. The summed E-state index contributed by atoms with van der Waals surface area (Å²) in [5.74, 6) is 0. The van der Waals surface area contributed by atoms with Crippen LogP contribution in [0.2, 0.25) is 0 Å². The maximum absolute atomic E-state index is 4.94. The zero-order chi connectivity index (χ0) is 7.15. The molecule has 0 atom stereocenters. The molecule has 0 rings (SSSR count). The van der Waals surface area contributed by atoms with Gasteiger partial charge in [0.15, 0.2) is 0 Å². The van der Waals surface area contributed by atoms with Crippen molar-refractivity contribution in [2.45, 2.75) is 0 Å². The van der Waals surface area contributed by atoms with E-state index in [4.69, 9.17) is 29.1 Å². The molecule has 0 amide bonds. The predicted octanol–water partition coefficient (Wildman–Crippen LogP) is 3.82. The van der Waals surface area contributed by atoms with Crippen LogP contribution in [-0.2, 0) is 13.0 Å². The van der Waals surface area contributed by atoms with Crippen molar-refractivity contribution in [3.8, 4) is 0 Å². The topological polar surface area (TPSA) is 3.24 Å². The van der Waals surface area contributed by atoms with Crippen molar-refractivity contribution in [1.82, 2.24) is 3.46 Å². The maximum atomic E-state index is 4.94. The van der Waals surface area contributed by atoms with E-state index >= 15 is 0 Å². The number of rotatable bonds is 0. The van der Waals surface area contributed by atoms with Gasteiger partial charge in [-0.3, -0.25) is 0 Å². The molecule has 0 aromatic carbocycles. The Morgan fingerprint density at radius 3 is 0.875 bits per heavy atom. The van der Waals surface area contributed by atoms with Gasteiger partial charge in [0, 0.05) is 35.3 Å². The summed E-state index contributed by atoms with van der Waals surface area (Å²) in [5.41, 5.74) is 0. The van der Waals surface area contributed by atoms with Gasteiger partial charge in [-0.05, 0) is 3.46 Å². The minimum absolute atomic E-state index is 0.417. The zero-order valence-electron chi connectivity index (χ0n) is 3.05. The summed E-state index contributed by atoms with van der Waals surface area (Å²) < 4.78 is 0.417. The third kappa shape index (κ3) is 82.7. The number of halogens is 6. The molecule has 8 heavy (non-hydrogen) atoms. The molecule has 0 aromatic rings. The summed E-state index contributed by atoms with van der Waals surface area (Å²) in [5, 5.41) is 0. The van der Waals surface area contributed by atoms with Crippen LogP contribution in [0.3, 0.4) is 0 Å². The third-order valence-corrected chi connectivity index (χ3v) is 0. The molecule has 0 aliphatic carbocycles. The Kier molecular flexibility index (Phi) is 15.1. The van der Waals surface area contributed by atoms with Crippen LogP contribution in [0, 0.1) is 0 Å². The van der Waals surface area contributed by atoms with Crippen LogP contribution in [0.25, 0.3) is 0 Å². The van der Waals surface area contributed by atoms with Crippen molar-refractivity contribution >= 4 is 64.4 Å². The van der Waals surface area contributed by atoms with Gasteiger partial charge in [-0.25, -0.2) is 0 Å². The second-order valence-electron chi connectivity index (χ2n) is 0.335. The van der Waals surface area contributed by atoms with Gasteiger partial charge in [0.1, 0.15) is 0 Å². The molecule has 0 N–H and O–H groups in total. The van der Waals surface area contributed by atoms with Crippen LogP contribution in [0.1, 0.15) is 0 Å². The Balaban J connectivity index is 0. The Bertz CT molecular complexity index is 24.0. The molecule has 0 radical (unpaired) electrons. The van der Waals surface area contributed by atoms with Crippen molar-refractivity contribution in [3.05, 3.63) is 0 Å². The Labute approximate surface area is 80.1 Å². The first kappa shape index (κ1) is 13.0. The number of hydrogen-bond acceptors (Lipinski definition) is 1. The Hall–Kier alpha value is 2.32. The molecule has 0 spiro atoms. The molecule has 0 aromatic heterocycles. The second-order valence-corrected chi connectivity index (χ2v) is 9.33. The minimum atomic E-state index is -1.66. The fraction of sp³-hybridized carbons (Fsp3) is 0. The molecule has 8 heteroatoms. The van der Waals surface area contributed by atoms with Crippen molar-refractivity contribution in [2.24, 2.45) is 0 Å². The van der Waals surface area contributed by atoms with Gasteiger partial charge in [-0.1, -0.05) is 0 Å². The van der Waals surface area contributed by atoms with Crippen LogP contribution in [0.5, 0.6) is 0 Å². The number of hydrogen-bond donors (Lipinski definition) is 0. The molecule has 0 heterocycles. The summed E-state index contributed by atoms with van der Waals surface area (Å²) >= 11 is 12.3. The van der Waals surface area contributed by atoms with Crippen molar-refractivity contribution in [2.75, 3.05) is 0 Å². The normalized spacial score (nSPS) is 10.1. The fourth-order valence-electron chi connectivity index (χ4n) is 0. The van der Waals surface area contributed by atoms with Gasteiger partial charge in [-0.2, -0.15) is 0 Å². The first-order valence-corrected chi connectivity index (χ1v) is 8.23. The molecular formula is Cl6NRh. The first-order valence-electron chi connectivity index (χ1n) is 0.885. The summed E-state index contributed by atoms with van der Waals surface area (Å²) in [4.78, 5) is 0. The van der Waals surface area contributed by atoms with E-state index in [-0.39, 0.29) is 0 Å². The molecule has 1 nitrogen and oxygen atoms in total. The van der Waals surface area contributed by atoms with E-state index in [1.165, 1.54) is 0 Å². The van der Waals surface area contributed by atoms with Crippen LogP contribution >= 0.6 is 64.4 Å². The summed E-state index contributed by atoms with van der Waals surface area (Å²) in [7, 11) is 14.8. The summed E-state index contributed by atoms with van der Waals surface area (Å²) in [6, 6.07) is 0. The van der Waals surface area contributed by atoms with Crippen LogP contribution < -0.4 is 0 Å². The molecule has 0 unspecified atom stereocenters. The molecule has 0 bridgehead atoms. The van der Waals surface area contributed by atoms with E-state index in [1.54, 1.807) is 0 Å². The standard InChI is InChI=1S/Cl3N.3ClH.Rh/c1-4(2)3;;;;/h;3*1H;/q;;;;+3/p-3. The molecule has 0 aliphatic heterocycles. The molecule has 0 saturated carbocycles. The average Bonchev–Trinajstić information content (AvgIpc) is 1.25. The van der Waals surface area contributed by atoms with Gasteiger partial charge in [0.2, 0.25) is 0 Å². The SMILES string of the molecule is ClN(Cl)Cl.[Cl][Rh]([Cl])[Cl]. The van der Waals surface area contributed by atoms with Gasteiger partial charge in [-0.15, -0.1) is 0 Å². The van der Waals surface area contributed by atoms with Gasteiger partial charge >= 0.3 is 42.1 Å². The van der Waals surface area contributed by atoms with E-state index in [2.05, 4.69) is 35.3 Å². The molecule has 0 saturated heterocycles. The van der Waals surface area contributed by atoms with E-state index in [1.807, 2.05) is 0 Å². The quantitative estimate of drug-likeness (QED) is 0.482. The van der Waals surface area contributed by atoms with Crippen LogP contribution in [0.4, 0.5) is 0 Å². The molecular weight excluding hydrogens is 330 g/mol. The number of nitrogens with zero attached hydrogens (tertiary/aromatic N) is 1. The van der Waals surface area contributed by atoms with Gasteiger partial charge < -0.3 is 0 Å². The monoisotopic (exact) mass is 327 g/mol. The van der Waals surface area contributed by atoms with Crippen molar-refractivity contribution < 1.29 is 13.0 Å². The Morgan fingerprint density at radius 1 is 0.875 bits per heavy atom. The van der Waals surface area contributed by atoms with Gasteiger partial charge in [0.25, 0.3) is 0 Å². The summed E-state index contributed by atoms with van der Waals surface area (Å²) in [6.07, 6.45) is 0. The molecule has 56 valence electrons. The Morgan fingerprint density at radius 2 is 0.875 bits per heavy atom. The molecule has 0 fully saturated rings. The van der Waals surface area contributed by atoms with Crippen molar-refractivity contribution in [3.63, 3.8) is 0 Å². The van der Waals surface area contributed by atoms with Crippen LogP contribution in [-0.4, -0.2) is 3.46 Å². The first-order chi connectivity index (χ1) is 3.46. The average molecular weight is 330 g/mol. The van der Waals surface area contributed by atoms with Crippen molar-refractivity contribution in [1.29, 1.82) is 0 Å². The summed E-state index contributed by atoms with van der Waals surface area (Å²) in [6.45, 7) is 0. The second kappa shape index (κ2) is 9.32. The predicted molar refractivity (Wildman–Crippen MR) is 37.0 cm³/mol. The van der Waals surface area contributed by atoms with Gasteiger partial charge in [0.05, 0.1) is 0 Å². The van der Waals surface area contributed by atoms with E-state index in [0.29, 0.717) is 3.46 Å². The third-order valence-electron chi connectivity index (χ3n) is 0. The van der Waals surface area contributed by atoms with Crippen LogP contribution in [0.15, 0.2) is 0 Å². The van der Waals surface area contributed by atoms with E-state index < -0.39 is 13.0 Å².